The average molecular weight is 277 g/mol. The van der Waals surface area contributed by atoms with E-state index < -0.39 is 0 Å². The van der Waals surface area contributed by atoms with E-state index in [1.807, 2.05) is 17.2 Å². The van der Waals surface area contributed by atoms with E-state index in [9.17, 15) is 4.79 Å². The fourth-order valence-electron chi connectivity index (χ4n) is 2.61. The summed E-state index contributed by atoms with van der Waals surface area (Å²) in [5.74, 6) is 1.06. The van der Waals surface area contributed by atoms with Gasteiger partial charge in [-0.25, -0.2) is 0 Å². The molecule has 0 spiro atoms. The SMILES string of the molecule is CC(C)CN(CC(C)C)C(=O)c1cc(N)cn1C1CC1. The Bertz CT molecular complexity index is 462. The molecule has 0 bridgehead atoms. The molecule has 2 N–H and O–H groups in total. The predicted octanol–water partition coefficient (Wildman–Crippen LogP) is 3.16. The van der Waals surface area contributed by atoms with Crippen molar-refractivity contribution in [2.24, 2.45) is 11.8 Å². The molecule has 0 radical (unpaired) electrons. The quantitative estimate of drug-likeness (QED) is 0.868. The number of carbonyl (C=O) groups is 1. The number of nitrogens with zero attached hydrogens (tertiary/aromatic N) is 2. The Kier molecular flexibility index (Phi) is 4.41. The lowest BCUT2D eigenvalue weighted by atomic mass is 10.1. The summed E-state index contributed by atoms with van der Waals surface area (Å²) in [4.78, 5) is 14.8. The number of amides is 1. The summed E-state index contributed by atoms with van der Waals surface area (Å²) in [5, 5.41) is 0. The van der Waals surface area contributed by atoms with Crippen LogP contribution < -0.4 is 5.73 Å². The second-order valence-corrected chi connectivity index (χ2v) is 6.79. The maximum absolute atomic E-state index is 12.8. The molecule has 1 aromatic rings. The van der Waals surface area contributed by atoms with Crippen LogP contribution in [0, 0.1) is 11.8 Å². The van der Waals surface area contributed by atoms with E-state index in [0.717, 1.165) is 31.6 Å². The zero-order valence-corrected chi connectivity index (χ0v) is 13.1. The van der Waals surface area contributed by atoms with Crippen LogP contribution in [0.1, 0.15) is 57.1 Å². The van der Waals surface area contributed by atoms with E-state index in [-0.39, 0.29) is 5.91 Å². The van der Waals surface area contributed by atoms with Gasteiger partial charge in [-0.15, -0.1) is 0 Å². The fraction of sp³-hybridized carbons (Fsp3) is 0.688. The molecule has 1 fully saturated rings. The number of nitrogens with two attached hydrogens (primary N) is 1. The third-order valence-electron chi connectivity index (χ3n) is 3.49. The van der Waals surface area contributed by atoms with E-state index in [4.69, 9.17) is 5.73 Å². The van der Waals surface area contributed by atoms with E-state index >= 15 is 0 Å². The number of nitrogen functional groups attached to an aromatic ring is 1. The van der Waals surface area contributed by atoms with Crippen molar-refractivity contribution in [2.45, 2.75) is 46.6 Å². The van der Waals surface area contributed by atoms with Gasteiger partial charge in [-0.2, -0.15) is 0 Å². The number of carbonyl (C=O) groups excluding carboxylic acids is 1. The first kappa shape index (κ1) is 14.9. The first-order valence-corrected chi connectivity index (χ1v) is 7.65. The predicted molar refractivity (Wildman–Crippen MR) is 82.7 cm³/mol. The molecule has 1 aliphatic rings. The zero-order chi connectivity index (χ0) is 14.9. The maximum Gasteiger partial charge on any atom is 0.270 e. The third kappa shape index (κ3) is 3.56. The largest absolute Gasteiger partial charge is 0.397 e. The van der Waals surface area contributed by atoms with Crippen LogP contribution >= 0.6 is 0 Å². The molecule has 4 heteroatoms. The van der Waals surface area contributed by atoms with Crippen LogP contribution in [-0.2, 0) is 0 Å². The highest BCUT2D eigenvalue weighted by atomic mass is 16.2. The van der Waals surface area contributed by atoms with Crippen LogP contribution in [0.4, 0.5) is 5.69 Å². The molecule has 1 heterocycles. The first-order valence-electron chi connectivity index (χ1n) is 7.65. The Morgan fingerprint density at radius 2 is 1.85 bits per heavy atom. The van der Waals surface area contributed by atoms with Crippen LogP contribution in [0.15, 0.2) is 12.3 Å². The van der Waals surface area contributed by atoms with Gasteiger partial charge < -0.3 is 15.2 Å². The summed E-state index contributed by atoms with van der Waals surface area (Å²) >= 11 is 0. The summed E-state index contributed by atoms with van der Waals surface area (Å²) in [6.45, 7) is 10.2. The fourth-order valence-corrected chi connectivity index (χ4v) is 2.61. The zero-order valence-electron chi connectivity index (χ0n) is 13.1. The average Bonchev–Trinajstić information content (AvgIpc) is 3.09. The van der Waals surface area contributed by atoms with Gasteiger partial charge in [0.15, 0.2) is 0 Å². The van der Waals surface area contributed by atoms with Crippen molar-refractivity contribution in [1.82, 2.24) is 9.47 Å². The van der Waals surface area contributed by atoms with Gasteiger partial charge >= 0.3 is 0 Å². The topological polar surface area (TPSA) is 51.3 Å². The van der Waals surface area contributed by atoms with Crippen molar-refractivity contribution in [3.05, 3.63) is 18.0 Å². The van der Waals surface area contributed by atoms with Crippen molar-refractivity contribution in [3.63, 3.8) is 0 Å². The van der Waals surface area contributed by atoms with Gasteiger partial charge in [-0.1, -0.05) is 27.7 Å². The summed E-state index contributed by atoms with van der Waals surface area (Å²) < 4.78 is 2.07. The number of hydrogen-bond acceptors (Lipinski definition) is 2. The lowest BCUT2D eigenvalue weighted by Gasteiger charge is -2.27. The highest BCUT2D eigenvalue weighted by Crippen LogP contribution is 2.37. The lowest BCUT2D eigenvalue weighted by molar-refractivity contribution is 0.0704. The van der Waals surface area contributed by atoms with Crippen LogP contribution in [0.25, 0.3) is 0 Å². The highest BCUT2D eigenvalue weighted by Gasteiger charge is 2.29. The number of aromatic nitrogens is 1. The number of hydrogen-bond donors (Lipinski definition) is 1. The van der Waals surface area contributed by atoms with Gasteiger partial charge in [0.1, 0.15) is 5.69 Å². The summed E-state index contributed by atoms with van der Waals surface area (Å²) in [5.41, 5.74) is 7.34. The molecule has 0 aromatic carbocycles. The molecule has 0 aliphatic heterocycles. The third-order valence-corrected chi connectivity index (χ3v) is 3.49. The van der Waals surface area contributed by atoms with Gasteiger partial charge in [0.2, 0.25) is 0 Å². The minimum Gasteiger partial charge on any atom is -0.397 e. The van der Waals surface area contributed by atoms with Gasteiger partial charge in [-0.05, 0) is 30.7 Å². The van der Waals surface area contributed by atoms with E-state index in [2.05, 4.69) is 32.3 Å². The Morgan fingerprint density at radius 3 is 2.30 bits per heavy atom. The number of anilines is 1. The smallest absolute Gasteiger partial charge is 0.270 e. The Labute approximate surface area is 121 Å². The van der Waals surface area contributed by atoms with E-state index in [1.165, 1.54) is 0 Å². The molecule has 112 valence electrons. The summed E-state index contributed by atoms with van der Waals surface area (Å²) in [6, 6.07) is 2.31. The standard InChI is InChI=1S/C16H27N3O/c1-11(2)8-18(9-12(3)4)16(20)15-7-13(17)10-19(15)14-5-6-14/h7,10-12,14H,5-6,8-9,17H2,1-4H3. The molecule has 4 nitrogen and oxygen atoms in total. The van der Waals surface area contributed by atoms with Crippen LogP contribution in [0.3, 0.4) is 0 Å². The van der Waals surface area contributed by atoms with Crippen molar-refractivity contribution < 1.29 is 4.79 Å². The molecule has 0 atom stereocenters. The minimum atomic E-state index is 0.121. The lowest BCUT2D eigenvalue weighted by Crippen LogP contribution is -2.38. The normalized spacial score (nSPS) is 15.1. The molecule has 1 amide bonds. The number of rotatable bonds is 6. The molecular weight excluding hydrogens is 250 g/mol. The molecule has 0 unspecified atom stereocenters. The molecule has 0 saturated heterocycles. The Morgan fingerprint density at radius 1 is 1.30 bits per heavy atom. The molecule has 1 aromatic heterocycles. The molecule has 1 aliphatic carbocycles. The van der Waals surface area contributed by atoms with E-state index in [0.29, 0.717) is 23.6 Å². The van der Waals surface area contributed by atoms with E-state index in [1.54, 1.807) is 0 Å². The molecule has 1 saturated carbocycles. The summed E-state index contributed by atoms with van der Waals surface area (Å²) in [7, 11) is 0. The monoisotopic (exact) mass is 277 g/mol. The van der Waals surface area contributed by atoms with Gasteiger partial charge in [0.25, 0.3) is 5.91 Å². The van der Waals surface area contributed by atoms with Gasteiger partial charge in [0.05, 0.1) is 5.69 Å². The molecular formula is C16H27N3O. The van der Waals surface area contributed by atoms with Crippen LogP contribution in [0.5, 0.6) is 0 Å². The highest BCUT2D eigenvalue weighted by molar-refractivity contribution is 5.94. The Balaban J connectivity index is 2.21. The van der Waals surface area contributed by atoms with Crippen molar-refractivity contribution in [3.8, 4) is 0 Å². The van der Waals surface area contributed by atoms with Crippen molar-refractivity contribution in [1.29, 1.82) is 0 Å². The molecule has 2 rings (SSSR count). The summed E-state index contributed by atoms with van der Waals surface area (Å²) in [6.07, 6.45) is 4.22. The first-order chi connectivity index (χ1) is 9.38. The van der Waals surface area contributed by atoms with Crippen LogP contribution in [-0.4, -0.2) is 28.5 Å². The second-order valence-electron chi connectivity index (χ2n) is 6.79. The van der Waals surface area contributed by atoms with Gasteiger partial charge in [0, 0.05) is 25.3 Å². The minimum absolute atomic E-state index is 0.121. The van der Waals surface area contributed by atoms with Gasteiger partial charge in [-0.3, -0.25) is 4.79 Å². The van der Waals surface area contributed by atoms with Crippen LogP contribution in [0.2, 0.25) is 0 Å². The second kappa shape index (κ2) is 5.90. The maximum atomic E-state index is 12.8. The Hall–Kier alpha value is -1.45. The van der Waals surface area contributed by atoms with Crippen molar-refractivity contribution >= 4 is 11.6 Å². The molecule has 20 heavy (non-hydrogen) atoms. The van der Waals surface area contributed by atoms with Crippen molar-refractivity contribution in [2.75, 3.05) is 18.8 Å².